The van der Waals surface area contributed by atoms with Gasteiger partial charge in [-0.15, -0.1) is 0 Å². The zero-order valence-corrected chi connectivity index (χ0v) is 32.8. The first-order valence-corrected chi connectivity index (χ1v) is 20.2. The molecule has 1 heteroatoms. The fourth-order valence-electron chi connectivity index (χ4n) is 8.33. The summed E-state index contributed by atoms with van der Waals surface area (Å²) in [5.41, 5.74) is 16.5. The predicted molar refractivity (Wildman–Crippen MR) is 244 cm³/mol. The molecule has 1 nitrogen and oxygen atoms in total. The monoisotopic (exact) mass is 723 g/mol. The van der Waals surface area contributed by atoms with E-state index in [1.807, 2.05) is 12.4 Å². The van der Waals surface area contributed by atoms with Gasteiger partial charge < -0.3 is 0 Å². The molecule has 1 aromatic heterocycles. The van der Waals surface area contributed by atoms with Crippen LogP contribution in [0.2, 0.25) is 0 Å². The van der Waals surface area contributed by atoms with Crippen molar-refractivity contribution < 1.29 is 0 Å². The molecule has 6 aromatic carbocycles. The van der Waals surface area contributed by atoms with Crippen LogP contribution in [0.15, 0.2) is 182 Å². The van der Waals surface area contributed by atoms with E-state index in [1.165, 1.54) is 88.3 Å². The summed E-state index contributed by atoms with van der Waals surface area (Å²) >= 11 is 0. The molecular formula is C55H49N. The van der Waals surface area contributed by atoms with Crippen LogP contribution in [0.5, 0.6) is 0 Å². The SMILES string of the molecule is C/C=C\C(=C/CC)c1cc(-c2ccncc2)cc(-c2cccc(-c3ccccc3-c3ccc4c(c3)c3c(c5ccccc54)CCC(C/C=C\C=C/CC)=C3)c2)c1. The molecule has 1 heterocycles. The van der Waals surface area contributed by atoms with Crippen molar-refractivity contribution in [1.82, 2.24) is 4.98 Å². The minimum absolute atomic E-state index is 0.973. The highest BCUT2D eigenvalue weighted by Gasteiger charge is 2.19. The summed E-state index contributed by atoms with van der Waals surface area (Å²) in [5, 5.41) is 5.39. The van der Waals surface area contributed by atoms with Gasteiger partial charge in [0.1, 0.15) is 0 Å². The lowest BCUT2D eigenvalue weighted by molar-refractivity contribution is 0.908. The molecule has 0 spiro atoms. The van der Waals surface area contributed by atoms with Gasteiger partial charge in [0.25, 0.3) is 0 Å². The van der Waals surface area contributed by atoms with Crippen molar-refractivity contribution in [2.24, 2.45) is 0 Å². The van der Waals surface area contributed by atoms with Crippen LogP contribution in [-0.4, -0.2) is 4.98 Å². The molecule has 0 unspecified atom stereocenters. The standard InChI is InChI=1S/C55H49N/c1-4-7-8-9-10-18-39-25-27-52-50-23-13-14-24-51(50)53-28-26-44(38-55(53)54(52)33-39)49-22-12-11-21-48(49)43-20-15-19-42(34-43)47-36-45(40(16-5-2)17-6-3)35-46(37-47)41-29-31-56-32-30-41/h5,7-17,19-24,26,28-38H,4,6,18,25,27H2,1-3H3/b8-7-,10-9-,16-5-,40-17+. The van der Waals surface area contributed by atoms with Gasteiger partial charge in [0.05, 0.1) is 0 Å². The van der Waals surface area contributed by atoms with Gasteiger partial charge in [-0.1, -0.05) is 147 Å². The lowest BCUT2D eigenvalue weighted by Gasteiger charge is -2.22. The second-order valence-electron chi connectivity index (χ2n) is 14.7. The van der Waals surface area contributed by atoms with E-state index in [0.717, 1.165) is 37.7 Å². The molecule has 0 saturated heterocycles. The Bertz CT molecular complexity index is 2680. The number of pyridine rings is 1. The molecule has 56 heavy (non-hydrogen) atoms. The fraction of sp³-hybridized carbons (Fsp3) is 0.145. The van der Waals surface area contributed by atoms with Crippen LogP contribution in [0.3, 0.4) is 0 Å². The second-order valence-corrected chi connectivity index (χ2v) is 14.7. The van der Waals surface area contributed by atoms with Gasteiger partial charge in [-0.25, -0.2) is 0 Å². The van der Waals surface area contributed by atoms with Crippen molar-refractivity contribution in [2.75, 3.05) is 0 Å². The van der Waals surface area contributed by atoms with Gasteiger partial charge in [0, 0.05) is 12.4 Å². The lowest BCUT2D eigenvalue weighted by Crippen LogP contribution is -2.02. The van der Waals surface area contributed by atoms with Gasteiger partial charge in [-0.3, -0.25) is 4.98 Å². The summed E-state index contributed by atoms with van der Waals surface area (Å²) in [6.45, 7) is 6.46. The average Bonchev–Trinajstić information content (AvgIpc) is 3.26. The van der Waals surface area contributed by atoms with E-state index in [0.29, 0.717) is 0 Å². The van der Waals surface area contributed by atoms with Crippen molar-refractivity contribution in [3.63, 3.8) is 0 Å². The summed E-state index contributed by atoms with van der Waals surface area (Å²) in [4.78, 5) is 4.29. The van der Waals surface area contributed by atoms with Crippen LogP contribution in [0, 0.1) is 0 Å². The number of aryl methyl sites for hydroxylation is 1. The Morgan fingerprint density at radius 1 is 0.571 bits per heavy atom. The highest BCUT2D eigenvalue weighted by molar-refractivity contribution is 6.14. The quantitative estimate of drug-likeness (QED) is 0.0956. The average molecular weight is 724 g/mol. The van der Waals surface area contributed by atoms with Gasteiger partial charge >= 0.3 is 0 Å². The van der Waals surface area contributed by atoms with Crippen LogP contribution < -0.4 is 0 Å². The predicted octanol–water partition coefficient (Wildman–Crippen LogP) is 15.7. The molecule has 1 aliphatic carbocycles. The molecule has 0 atom stereocenters. The van der Waals surface area contributed by atoms with Gasteiger partial charge in [-0.2, -0.15) is 0 Å². The highest BCUT2D eigenvalue weighted by atomic mass is 14.6. The first-order chi connectivity index (χ1) is 27.6. The fourth-order valence-corrected chi connectivity index (χ4v) is 8.33. The molecule has 0 bridgehead atoms. The maximum Gasteiger partial charge on any atom is 0.0273 e. The van der Waals surface area contributed by atoms with Gasteiger partial charge in [0.15, 0.2) is 0 Å². The third kappa shape index (κ3) is 7.63. The van der Waals surface area contributed by atoms with Crippen molar-refractivity contribution >= 4 is 33.2 Å². The summed E-state index contributed by atoms with van der Waals surface area (Å²) in [6, 6.07) is 45.2. The van der Waals surface area contributed by atoms with Crippen LogP contribution in [-0.2, 0) is 6.42 Å². The molecule has 8 rings (SSSR count). The molecule has 0 amide bonds. The first-order valence-electron chi connectivity index (χ1n) is 20.2. The van der Waals surface area contributed by atoms with Gasteiger partial charge in [-0.05, 0) is 170 Å². The van der Waals surface area contributed by atoms with Crippen LogP contribution in [0.4, 0.5) is 0 Å². The smallest absolute Gasteiger partial charge is 0.0273 e. The number of aromatic nitrogens is 1. The zero-order chi connectivity index (χ0) is 38.3. The zero-order valence-electron chi connectivity index (χ0n) is 32.8. The largest absolute Gasteiger partial charge is 0.265 e. The number of hydrogen-bond acceptors (Lipinski definition) is 1. The van der Waals surface area contributed by atoms with E-state index < -0.39 is 0 Å². The normalized spacial score (nSPS) is 13.3. The Kier molecular flexibility index (Phi) is 11.1. The number of allylic oxidation sites excluding steroid dienone is 9. The van der Waals surface area contributed by atoms with Crippen LogP contribution in [0.25, 0.3) is 77.7 Å². The molecular weight excluding hydrogens is 675 g/mol. The van der Waals surface area contributed by atoms with Crippen molar-refractivity contribution in [1.29, 1.82) is 0 Å². The minimum atomic E-state index is 0.973. The molecule has 7 aromatic rings. The van der Waals surface area contributed by atoms with E-state index in [9.17, 15) is 0 Å². The van der Waals surface area contributed by atoms with Crippen molar-refractivity contribution in [2.45, 2.75) is 52.9 Å². The summed E-state index contributed by atoms with van der Waals surface area (Å²) in [7, 11) is 0. The summed E-state index contributed by atoms with van der Waals surface area (Å²) < 4.78 is 0. The molecule has 0 saturated carbocycles. The topological polar surface area (TPSA) is 12.9 Å². The maximum absolute atomic E-state index is 4.29. The number of fused-ring (bicyclic) bond motifs is 6. The lowest BCUT2D eigenvalue weighted by atomic mass is 9.82. The third-order valence-corrected chi connectivity index (χ3v) is 11.0. The summed E-state index contributed by atoms with van der Waals surface area (Å²) in [6.07, 6.45) is 27.0. The third-order valence-electron chi connectivity index (χ3n) is 11.0. The highest BCUT2D eigenvalue weighted by Crippen LogP contribution is 2.42. The minimum Gasteiger partial charge on any atom is -0.265 e. The Morgan fingerprint density at radius 3 is 2.02 bits per heavy atom. The molecule has 0 aliphatic heterocycles. The molecule has 0 fully saturated rings. The molecule has 1 aliphatic rings. The van der Waals surface area contributed by atoms with E-state index in [-0.39, 0.29) is 0 Å². The van der Waals surface area contributed by atoms with E-state index >= 15 is 0 Å². The van der Waals surface area contributed by atoms with E-state index in [2.05, 4.69) is 196 Å². The Balaban J connectivity index is 1.24. The first kappa shape index (κ1) is 36.7. The molecule has 274 valence electrons. The number of nitrogens with zero attached hydrogens (tertiary/aromatic N) is 1. The molecule has 0 N–H and O–H groups in total. The van der Waals surface area contributed by atoms with Crippen molar-refractivity contribution in [3.8, 4) is 44.5 Å². The number of benzene rings is 6. The van der Waals surface area contributed by atoms with Crippen LogP contribution in [0.1, 0.15) is 63.1 Å². The maximum atomic E-state index is 4.29. The van der Waals surface area contributed by atoms with E-state index in [4.69, 9.17) is 0 Å². The number of hydrogen-bond donors (Lipinski definition) is 0. The molecule has 0 radical (unpaired) electrons. The Hall–Kier alpha value is -6.31. The van der Waals surface area contributed by atoms with Gasteiger partial charge in [0.2, 0.25) is 0 Å². The summed E-state index contributed by atoms with van der Waals surface area (Å²) in [5.74, 6) is 0. The Labute approximate surface area is 332 Å². The van der Waals surface area contributed by atoms with E-state index in [1.54, 1.807) is 0 Å². The Morgan fingerprint density at radius 2 is 1.25 bits per heavy atom. The second kappa shape index (κ2) is 17.0. The van der Waals surface area contributed by atoms with Crippen LogP contribution >= 0.6 is 0 Å². The van der Waals surface area contributed by atoms with Crippen molar-refractivity contribution in [3.05, 3.63) is 199 Å². The number of rotatable bonds is 11.